The molecule has 0 aromatic rings. The number of carbonyl (C=O) groups is 3. The van der Waals surface area contributed by atoms with Crippen molar-refractivity contribution in [2.24, 2.45) is 0 Å². The second-order valence-electron chi connectivity index (χ2n) is 17.3. The molecule has 7 nitrogen and oxygen atoms in total. The normalized spacial score (nSPS) is 13.1. The molecule has 330 valence electrons. The summed E-state index contributed by atoms with van der Waals surface area (Å²) in [6.07, 6.45) is 41.3. The first-order valence-corrected chi connectivity index (χ1v) is 24.8. The number of carbonyl (C=O) groups excluding carboxylic acids is 3. The lowest BCUT2D eigenvalue weighted by molar-refractivity contribution is -0.150. The first-order chi connectivity index (χ1) is 27.5. The molecular weight excluding hydrogens is 697 g/mol. The Morgan fingerprint density at radius 3 is 1.46 bits per heavy atom. The Hall–Kier alpha value is -1.63. The van der Waals surface area contributed by atoms with E-state index in [2.05, 4.69) is 25.7 Å². The maximum atomic E-state index is 12.8. The van der Waals surface area contributed by atoms with Crippen LogP contribution in [0.2, 0.25) is 0 Å². The van der Waals surface area contributed by atoms with E-state index < -0.39 is 0 Å². The van der Waals surface area contributed by atoms with Gasteiger partial charge in [-0.05, 0) is 90.3 Å². The van der Waals surface area contributed by atoms with Gasteiger partial charge in [0, 0.05) is 32.4 Å². The summed E-state index contributed by atoms with van der Waals surface area (Å²) in [6, 6.07) is 0. The maximum absolute atomic E-state index is 12.8. The molecule has 1 rings (SSSR count). The van der Waals surface area contributed by atoms with Crippen LogP contribution < -0.4 is 0 Å². The van der Waals surface area contributed by atoms with Gasteiger partial charge in [-0.3, -0.25) is 14.4 Å². The molecule has 1 saturated heterocycles. The van der Waals surface area contributed by atoms with Crippen LogP contribution in [0.5, 0.6) is 0 Å². The zero-order valence-electron chi connectivity index (χ0n) is 37.7. The summed E-state index contributed by atoms with van der Waals surface area (Å²) in [4.78, 5) is 41.7. The van der Waals surface area contributed by atoms with Crippen molar-refractivity contribution in [3.63, 3.8) is 0 Å². The van der Waals surface area contributed by atoms with E-state index in [1.807, 2.05) is 4.90 Å². The highest BCUT2D eigenvalue weighted by Gasteiger charge is 2.19. The molecule has 0 N–H and O–H groups in total. The van der Waals surface area contributed by atoms with E-state index in [1.54, 1.807) is 0 Å². The fraction of sp³-hybridized carbons (Fsp3) is 0.939. The van der Waals surface area contributed by atoms with Crippen LogP contribution in [0, 0.1) is 0 Å². The number of amides is 1. The predicted octanol–water partition coefficient (Wildman–Crippen LogP) is 13.7. The van der Waals surface area contributed by atoms with Crippen LogP contribution in [0.1, 0.15) is 252 Å². The summed E-state index contributed by atoms with van der Waals surface area (Å²) in [5.74, 6) is 0.325. The summed E-state index contributed by atoms with van der Waals surface area (Å²) in [5, 5.41) is 0. The second-order valence-corrected chi connectivity index (χ2v) is 17.3. The van der Waals surface area contributed by atoms with Gasteiger partial charge in [0.1, 0.15) is 6.10 Å². The Bertz CT molecular complexity index is 882. The Kier molecular flexibility index (Phi) is 37.6. The van der Waals surface area contributed by atoms with E-state index in [1.165, 1.54) is 154 Å². The zero-order chi connectivity index (χ0) is 40.6. The Morgan fingerprint density at radius 2 is 0.964 bits per heavy atom. The lowest BCUT2D eigenvalue weighted by Gasteiger charge is -2.24. The van der Waals surface area contributed by atoms with E-state index in [9.17, 15) is 14.4 Å². The topological polar surface area (TPSA) is 76.2 Å². The minimum absolute atomic E-state index is 0.0216. The molecule has 1 amide bonds. The summed E-state index contributed by atoms with van der Waals surface area (Å²) in [7, 11) is 0. The largest absolute Gasteiger partial charge is 0.466 e. The summed E-state index contributed by atoms with van der Waals surface area (Å²) >= 11 is 0. The number of ether oxygens (including phenoxy) is 2. The number of likely N-dealkylation sites (tertiary alicyclic amines) is 1. The van der Waals surface area contributed by atoms with Gasteiger partial charge in [-0.1, -0.05) is 162 Å². The molecule has 0 radical (unpaired) electrons. The van der Waals surface area contributed by atoms with Crippen molar-refractivity contribution >= 4 is 17.8 Å². The summed E-state index contributed by atoms with van der Waals surface area (Å²) in [6.45, 7) is 12.5. The minimum Gasteiger partial charge on any atom is -0.466 e. The molecule has 1 aliphatic rings. The number of hydrogen-bond acceptors (Lipinski definition) is 6. The van der Waals surface area contributed by atoms with Crippen molar-refractivity contribution in [2.45, 2.75) is 258 Å². The van der Waals surface area contributed by atoms with E-state index in [0.29, 0.717) is 25.4 Å². The molecular formula is C49H94N2O5. The van der Waals surface area contributed by atoms with Crippen molar-refractivity contribution in [1.29, 1.82) is 0 Å². The molecule has 7 heteroatoms. The van der Waals surface area contributed by atoms with Crippen LogP contribution in [-0.4, -0.2) is 73.1 Å². The molecule has 0 spiro atoms. The van der Waals surface area contributed by atoms with Crippen molar-refractivity contribution < 1.29 is 23.9 Å². The lowest BCUT2D eigenvalue weighted by atomic mass is 10.0. The van der Waals surface area contributed by atoms with Crippen molar-refractivity contribution in [1.82, 2.24) is 9.80 Å². The van der Waals surface area contributed by atoms with Gasteiger partial charge in [0.05, 0.1) is 6.61 Å². The standard InChI is InChI=1S/C49H94N2O5/c1-4-7-10-13-16-25-32-45-55-48(53)38-28-21-17-23-30-40-50(42-34-44-51-43-33-37-47(51)52)41-31-24-18-22-29-39-49(54)56-46(35-26-19-14-11-8-5-2)36-27-20-15-12-9-6-3/h46H,4-45H2,1-3H3. The van der Waals surface area contributed by atoms with Crippen LogP contribution in [0.4, 0.5) is 0 Å². The maximum Gasteiger partial charge on any atom is 0.306 e. The third-order valence-electron chi connectivity index (χ3n) is 11.9. The molecule has 0 unspecified atom stereocenters. The first-order valence-electron chi connectivity index (χ1n) is 24.8. The average molecular weight is 791 g/mol. The lowest BCUT2D eigenvalue weighted by Crippen LogP contribution is -2.32. The molecule has 1 heterocycles. The number of hydrogen-bond donors (Lipinski definition) is 0. The van der Waals surface area contributed by atoms with E-state index >= 15 is 0 Å². The molecule has 0 saturated carbocycles. The quantitative estimate of drug-likeness (QED) is 0.0452. The molecule has 56 heavy (non-hydrogen) atoms. The van der Waals surface area contributed by atoms with Crippen molar-refractivity contribution in [3.05, 3.63) is 0 Å². The van der Waals surface area contributed by atoms with Crippen LogP contribution in [0.25, 0.3) is 0 Å². The number of rotatable bonds is 43. The fourth-order valence-electron chi connectivity index (χ4n) is 8.16. The Balaban J connectivity index is 2.27. The third kappa shape index (κ3) is 33.4. The SMILES string of the molecule is CCCCCCCCCOC(=O)CCCCCCCN(CCCCCCCC(=O)OC(CCCCCCCC)CCCCCCCC)CCCN1CCCC1=O. The second kappa shape index (κ2) is 40.2. The summed E-state index contributed by atoms with van der Waals surface area (Å²) in [5.41, 5.74) is 0. The average Bonchev–Trinajstić information content (AvgIpc) is 3.61. The van der Waals surface area contributed by atoms with Gasteiger partial charge in [0.25, 0.3) is 0 Å². The van der Waals surface area contributed by atoms with Crippen molar-refractivity contribution in [2.75, 3.05) is 39.3 Å². The molecule has 1 fully saturated rings. The number of unbranched alkanes of at least 4 members (excludes halogenated alkanes) is 24. The molecule has 0 aliphatic carbocycles. The highest BCUT2D eigenvalue weighted by Crippen LogP contribution is 2.19. The van der Waals surface area contributed by atoms with Crippen LogP contribution in [-0.2, 0) is 23.9 Å². The van der Waals surface area contributed by atoms with E-state index in [0.717, 1.165) is 96.9 Å². The fourth-order valence-corrected chi connectivity index (χ4v) is 8.16. The first kappa shape index (κ1) is 52.4. The van der Waals surface area contributed by atoms with E-state index in [-0.39, 0.29) is 18.0 Å². The zero-order valence-corrected chi connectivity index (χ0v) is 37.7. The smallest absolute Gasteiger partial charge is 0.306 e. The molecule has 0 aromatic carbocycles. The highest BCUT2D eigenvalue weighted by molar-refractivity contribution is 5.78. The van der Waals surface area contributed by atoms with Crippen LogP contribution >= 0.6 is 0 Å². The van der Waals surface area contributed by atoms with Crippen LogP contribution in [0.15, 0.2) is 0 Å². The predicted molar refractivity (Wildman–Crippen MR) is 237 cm³/mol. The van der Waals surface area contributed by atoms with Gasteiger partial charge < -0.3 is 19.3 Å². The minimum atomic E-state index is -0.0233. The van der Waals surface area contributed by atoms with Gasteiger partial charge in [-0.2, -0.15) is 0 Å². The monoisotopic (exact) mass is 791 g/mol. The number of nitrogens with zero attached hydrogens (tertiary/aromatic N) is 2. The van der Waals surface area contributed by atoms with Gasteiger partial charge >= 0.3 is 11.9 Å². The van der Waals surface area contributed by atoms with E-state index in [4.69, 9.17) is 9.47 Å². The number of esters is 2. The van der Waals surface area contributed by atoms with Crippen molar-refractivity contribution in [3.8, 4) is 0 Å². The summed E-state index contributed by atoms with van der Waals surface area (Å²) < 4.78 is 11.5. The molecule has 0 bridgehead atoms. The third-order valence-corrected chi connectivity index (χ3v) is 11.9. The van der Waals surface area contributed by atoms with Gasteiger partial charge in [-0.25, -0.2) is 0 Å². The Labute approximate surface area is 347 Å². The van der Waals surface area contributed by atoms with Gasteiger partial charge in [0.15, 0.2) is 0 Å². The Morgan fingerprint density at radius 1 is 0.536 bits per heavy atom. The molecule has 0 aromatic heterocycles. The van der Waals surface area contributed by atoms with Crippen LogP contribution in [0.3, 0.4) is 0 Å². The van der Waals surface area contributed by atoms with Gasteiger partial charge in [-0.15, -0.1) is 0 Å². The molecule has 0 atom stereocenters. The molecule has 1 aliphatic heterocycles. The van der Waals surface area contributed by atoms with Gasteiger partial charge in [0.2, 0.25) is 5.91 Å². The highest BCUT2D eigenvalue weighted by atomic mass is 16.5.